The van der Waals surface area contributed by atoms with Crippen molar-refractivity contribution in [2.75, 3.05) is 13.1 Å². The Labute approximate surface area is 123 Å². The van der Waals surface area contributed by atoms with Crippen LogP contribution in [-0.2, 0) is 6.54 Å². The Morgan fingerprint density at radius 2 is 2.37 bits per heavy atom. The van der Waals surface area contributed by atoms with Crippen molar-refractivity contribution < 1.29 is 4.79 Å². The number of aryl methyl sites for hydroxylation is 1. The van der Waals surface area contributed by atoms with Gasteiger partial charge in [-0.1, -0.05) is 0 Å². The number of hydrogen-bond donors (Lipinski definition) is 1. The summed E-state index contributed by atoms with van der Waals surface area (Å²) in [6.45, 7) is 6.50. The van der Waals surface area contributed by atoms with E-state index >= 15 is 0 Å². The van der Waals surface area contributed by atoms with Gasteiger partial charge in [0.25, 0.3) is 5.91 Å². The fourth-order valence-corrected chi connectivity index (χ4v) is 3.17. The lowest BCUT2D eigenvalue weighted by Crippen LogP contribution is -2.45. The summed E-state index contributed by atoms with van der Waals surface area (Å²) in [6.07, 6.45) is 4.13. The molecule has 1 aromatic heterocycles. The molecule has 2 unspecified atom stereocenters. The van der Waals surface area contributed by atoms with Crippen LogP contribution < -0.4 is 5.73 Å². The molecule has 4 nitrogen and oxygen atoms in total. The predicted octanol–water partition coefficient (Wildman–Crippen LogP) is 2.47. The van der Waals surface area contributed by atoms with Gasteiger partial charge in [0.2, 0.25) is 0 Å². The molecule has 1 fully saturated rings. The molecule has 0 radical (unpaired) electrons. The monoisotopic (exact) mass is 327 g/mol. The zero-order chi connectivity index (χ0) is 14.0. The minimum atomic E-state index is 0.123. The number of carbonyl (C=O) groups excluding carboxylic acids is 1. The molecule has 0 aromatic carbocycles. The first kappa shape index (κ1) is 14.6. The maximum absolute atomic E-state index is 12.6. The maximum atomic E-state index is 12.6. The topological polar surface area (TPSA) is 51.3 Å². The summed E-state index contributed by atoms with van der Waals surface area (Å²) < 4.78 is 2.94. The number of halogens is 1. The van der Waals surface area contributed by atoms with Gasteiger partial charge in [-0.2, -0.15) is 0 Å². The van der Waals surface area contributed by atoms with Crippen molar-refractivity contribution in [3.05, 3.63) is 22.4 Å². The summed E-state index contributed by atoms with van der Waals surface area (Å²) in [5.74, 6) is 0.545. The number of nitrogens with zero attached hydrogens (tertiary/aromatic N) is 2. The molecule has 0 spiro atoms. The molecular formula is C14H22BrN3O. The van der Waals surface area contributed by atoms with Crippen LogP contribution in [0.15, 0.2) is 16.7 Å². The zero-order valence-corrected chi connectivity index (χ0v) is 13.2. The first-order chi connectivity index (χ1) is 9.02. The first-order valence-corrected chi connectivity index (χ1v) is 7.72. The quantitative estimate of drug-likeness (QED) is 0.927. The second-order valence-corrected chi connectivity index (χ2v) is 6.26. The highest BCUT2D eigenvalue weighted by molar-refractivity contribution is 9.10. The molecule has 2 heterocycles. The highest BCUT2D eigenvalue weighted by atomic mass is 79.9. The number of piperidine rings is 1. The highest BCUT2D eigenvalue weighted by Crippen LogP contribution is 2.22. The molecule has 2 N–H and O–H groups in total. The number of likely N-dealkylation sites (tertiary alicyclic amines) is 1. The number of aromatic nitrogens is 1. The van der Waals surface area contributed by atoms with Gasteiger partial charge in [0.1, 0.15) is 5.69 Å². The van der Waals surface area contributed by atoms with Crippen LogP contribution in [0.2, 0.25) is 0 Å². The van der Waals surface area contributed by atoms with Crippen LogP contribution >= 0.6 is 15.9 Å². The van der Waals surface area contributed by atoms with E-state index in [2.05, 4.69) is 15.9 Å². The zero-order valence-electron chi connectivity index (χ0n) is 11.6. The number of hydrogen-bond acceptors (Lipinski definition) is 2. The van der Waals surface area contributed by atoms with E-state index in [9.17, 15) is 4.79 Å². The maximum Gasteiger partial charge on any atom is 0.270 e. The van der Waals surface area contributed by atoms with Gasteiger partial charge in [0, 0.05) is 36.3 Å². The highest BCUT2D eigenvalue weighted by Gasteiger charge is 2.27. The molecule has 0 bridgehead atoms. The van der Waals surface area contributed by atoms with Gasteiger partial charge >= 0.3 is 0 Å². The molecule has 2 rings (SSSR count). The van der Waals surface area contributed by atoms with Gasteiger partial charge in [-0.15, -0.1) is 0 Å². The third-order valence-electron chi connectivity index (χ3n) is 3.91. The Morgan fingerprint density at radius 3 is 3.00 bits per heavy atom. The molecule has 106 valence electrons. The summed E-state index contributed by atoms with van der Waals surface area (Å²) in [7, 11) is 0. The van der Waals surface area contributed by atoms with E-state index in [4.69, 9.17) is 5.73 Å². The standard InChI is InChI=1S/C14H22BrN3O/c1-3-17-9-12(15)7-13(17)14(19)18-6-4-5-11(8-18)10(2)16/h7,9-11H,3-6,8,16H2,1-2H3. The molecule has 19 heavy (non-hydrogen) atoms. The summed E-state index contributed by atoms with van der Waals surface area (Å²) >= 11 is 3.44. The second kappa shape index (κ2) is 6.09. The lowest BCUT2D eigenvalue weighted by atomic mass is 9.92. The van der Waals surface area contributed by atoms with Crippen LogP contribution in [0.5, 0.6) is 0 Å². The van der Waals surface area contributed by atoms with E-state index in [0.717, 1.165) is 42.6 Å². The van der Waals surface area contributed by atoms with Crippen LogP contribution in [0.25, 0.3) is 0 Å². The molecule has 0 saturated carbocycles. The fourth-order valence-electron chi connectivity index (χ4n) is 2.70. The Hall–Kier alpha value is -0.810. The van der Waals surface area contributed by atoms with E-state index in [-0.39, 0.29) is 11.9 Å². The van der Waals surface area contributed by atoms with Gasteiger partial charge in [0.05, 0.1) is 0 Å². The van der Waals surface area contributed by atoms with E-state index in [0.29, 0.717) is 5.92 Å². The summed E-state index contributed by atoms with van der Waals surface area (Å²) in [4.78, 5) is 14.6. The van der Waals surface area contributed by atoms with E-state index in [1.165, 1.54) is 0 Å². The van der Waals surface area contributed by atoms with Crippen molar-refractivity contribution in [1.82, 2.24) is 9.47 Å². The van der Waals surface area contributed by atoms with Gasteiger partial charge in [-0.05, 0) is 54.6 Å². The molecule has 1 amide bonds. The van der Waals surface area contributed by atoms with Crippen molar-refractivity contribution in [2.24, 2.45) is 11.7 Å². The van der Waals surface area contributed by atoms with E-state index < -0.39 is 0 Å². The summed E-state index contributed by atoms with van der Waals surface area (Å²) in [6, 6.07) is 2.06. The van der Waals surface area contributed by atoms with Crippen LogP contribution in [0.1, 0.15) is 37.2 Å². The van der Waals surface area contributed by atoms with Crippen molar-refractivity contribution in [3.8, 4) is 0 Å². The molecule has 0 aliphatic carbocycles. The average molecular weight is 328 g/mol. The Bertz CT molecular complexity index is 456. The Balaban J connectivity index is 2.14. The molecule has 1 aliphatic heterocycles. The second-order valence-electron chi connectivity index (χ2n) is 5.34. The fraction of sp³-hybridized carbons (Fsp3) is 0.643. The molecule has 1 saturated heterocycles. The molecule has 2 atom stereocenters. The summed E-state index contributed by atoms with van der Waals surface area (Å²) in [5.41, 5.74) is 6.74. The lowest BCUT2D eigenvalue weighted by molar-refractivity contribution is 0.0650. The van der Waals surface area contributed by atoms with Crippen molar-refractivity contribution >= 4 is 21.8 Å². The van der Waals surface area contributed by atoms with Crippen LogP contribution in [0, 0.1) is 5.92 Å². The van der Waals surface area contributed by atoms with Gasteiger partial charge in [-0.3, -0.25) is 4.79 Å². The summed E-state index contributed by atoms with van der Waals surface area (Å²) in [5, 5.41) is 0. The molecular weight excluding hydrogens is 306 g/mol. The van der Waals surface area contributed by atoms with Gasteiger partial charge in [-0.25, -0.2) is 0 Å². The van der Waals surface area contributed by atoms with Gasteiger partial charge in [0.15, 0.2) is 0 Å². The smallest absolute Gasteiger partial charge is 0.270 e. The van der Waals surface area contributed by atoms with E-state index in [1.54, 1.807) is 0 Å². The predicted molar refractivity (Wildman–Crippen MR) is 80.1 cm³/mol. The number of nitrogens with two attached hydrogens (primary N) is 1. The molecule has 1 aliphatic rings. The van der Waals surface area contributed by atoms with Crippen molar-refractivity contribution in [2.45, 2.75) is 39.3 Å². The Kier molecular flexibility index (Phi) is 4.68. The largest absolute Gasteiger partial charge is 0.343 e. The third-order valence-corrected chi connectivity index (χ3v) is 4.35. The Morgan fingerprint density at radius 1 is 1.63 bits per heavy atom. The van der Waals surface area contributed by atoms with E-state index in [1.807, 2.05) is 35.6 Å². The minimum Gasteiger partial charge on any atom is -0.343 e. The SMILES string of the molecule is CCn1cc(Br)cc1C(=O)N1CCCC(C(C)N)C1. The lowest BCUT2D eigenvalue weighted by Gasteiger charge is -2.34. The van der Waals surface area contributed by atoms with Gasteiger partial charge < -0.3 is 15.2 Å². The van der Waals surface area contributed by atoms with Crippen LogP contribution in [0.4, 0.5) is 0 Å². The first-order valence-electron chi connectivity index (χ1n) is 6.93. The average Bonchev–Trinajstić information content (AvgIpc) is 2.79. The normalized spacial score (nSPS) is 21.5. The van der Waals surface area contributed by atoms with Crippen LogP contribution in [-0.4, -0.2) is 34.5 Å². The number of rotatable bonds is 3. The molecule has 1 aromatic rings. The van der Waals surface area contributed by atoms with Crippen molar-refractivity contribution in [3.63, 3.8) is 0 Å². The number of carbonyl (C=O) groups is 1. The number of amides is 1. The molecule has 5 heteroatoms. The minimum absolute atomic E-state index is 0.123. The third kappa shape index (κ3) is 3.20. The van der Waals surface area contributed by atoms with Crippen LogP contribution in [0.3, 0.4) is 0 Å². The van der Waals surface area contributed by atoms with Crippen molar-refractivity contribution in [1.29, 1.82) is 0 Å².